The summed E-state index contributed by atoms with van der Waals surface area (Å²) < 4.78 is 0. The average Bonchev–Trinajstić information content (AvgIpc) is 3.61. The second-order valence-electron chi connectivity index (χ2n) is 19.8. The zero-order chi connectivity index (χ0) is 31.8. The number of hydrogen-bond acceptors (Lipinski definition) is 0. The molecular weight excluding hydrogens is 703 g/mol. The molecule has 2 aromatic rings. The molecule has 0 N–H and O–H groups in total. The van der Waals surface area contributed by atoms with Crippen LogP contribution in [0.4, 0.5) is 0 Å². The summed E-state index contributed by atoms with van der Waals surface area (Å²) in [5, 5.41) is 0. The van der Waals surface area contributed by atoms with Crippen LogP contribution in [0.3, 0.4) is 0 Å². The summed E-state index contributed by atoms with van der Waals surface area (Å²) in [4.78, 5) is 0. The fourth-order valence-electron chi connectivity index (χ4n) is 12.4. The number of rotatable bonds is 4. The fraction of sp³-hybridized carbons (Fsp3) is 0.644. The predicted molar refractivity (Wildman–Crippen MR) is 192 cm³/mol. The van der Waals surface area contributed by atoms with E-state index >= 15 is 0 Å². The van der Waals surface area contributed by atoms with Gasteiger partial charge in [-0.15, -0.1) is 0 Å². The molecule has 0 heterocycles. The normalized spacial score (nSPS) is 31.7. The first kappa shape index (κ1) is 38.6. The Hall–Kier alpha value is -0.617. The standard InChI is InChI=1S/C45H60.2ClH.Zr/c1-26(2)39-25-45(27(3)4,40-21-33(20-38(39)40)44-22-28-15-29(23-44)17-30(16-28)24-44)41-34-13-11-31(42(5,6)7)18-36(34)37-19-32(43(8,9)10)12-14-35(37)41;;;/h11-14,18-19,21,26-30,39,41H,15-17,20,22-25H2,1-10H3;2*1H;/q;;;+2/p-2. The van der Waals surface area contributed by atoms with Crippen LogP contribution in [0.25, 0.3) is 11.1 Å². The van der Waals surface area contributed by atoms with Gasteiger partial charge >= 0.3 is 26.2 Å². The molecule has 48 heavy (non-hydrogen) atoms. The molecule has 0 aromatic heterocycles. The van der Waals surface area contributed by atoms with Gasteiger partial charge in [0.25, 0.3) is 0 Å². The van der Waals surface area contributed by atoms with Crippen LogP contribution in [0, 0.1) is 46.3 Å². The smallest absolute Gasteiger partial charge is 1.00 e. The van der Waals surface area contributed by atoms with Crippen molar-refractivity contribution in [1.82, 2.24) is 0 Å². The molecule has 2 unspecified atom stereocenters. The van der Waals surface area contributed by atoms with Crippen molar-refractivity contribution in [2.45, 2.75) is 137 Å². The van der Waals surface area contributed by atoms with Gasteiger partial charge < -0.3 is 24.8 Å². The number of benzene rings is 2. The predicted octanol–water partition coefficient (Wildman–Crippen LogP) is 6.56. The summed E-state index contributed by atoms with van der Waals surface area (Å²) >= 11 is 0. The summed E-state index contributed by atoms with van der Waals surface area (Å²) in [5.74, 6) is 5.40. The largest absolute Gasteiger partial charge is 2.00 e. The molecule has 0 aliphatic heterocycles. The van der Waals surface area contributed by atoms with Gasteiger partial charge in [-0.1, -0.05) is 123 Å². The summed E-state index contributed by atoms with van der Waals surface area (Å²) in [7, 11) is 0. The van der Waals surface area contributed by atoms with Crippen molar-refractivity contribution >= 4 is 0 Å². The van der Waals surface area contributed by atoms with Gasteiger partial charge in [-0.2, -0.15) is 0 Å². The van der Waals surface area contributed by atoms with Gasteiger partial charge in [0.2, 0.25) is 0 Å². The molecule has 3 heteroatoms. The average molecular weight is 763 g/mol. The maximum atomic E-state index is 2.90. The van der Waals surface area contributed by atoms with E-state index in [0.29, 0.717) is 29.1 Å². The Morgan fingerprint density at radius 3 is 1.52 bits per heavy atom. The Morgan fingerprint density at radius 1 is 0.667 bits per heavy atom. The van der Waals surface area contributed by atoms with E-state index in [1.165, 1.54) is 73.6 Å². The van der Waals surface area contributed by atoms with Gasteiger partial charge in [0.05, 0.1) is 0 Å². The van der Waals surface area contributed by atoms with E-state index in [-0.39, 0.29) is 67.3 Å². The molecule has 0 spiro atoms. The van der Waals surface area contributed by atoms with E-state index in [9.17, 15) is 0 Å². The molecule has 4 fully saturated rings. The number of halogens is 2. The Labute approximate surface area is 325 Å². The van der Waals surface area contributed by atoms with Crippen LogP contribution in [0.5, 0.6) is 0 Å². The molecule has 0 radical (unpaired) electrons. The SMILES string of the molecule is CC(C)C1CC(C(C)C)(C2c3ccc(C(C)(C)C)cc3-c3cc(C(C)(C)C)ccc32)C2=C1CC(C13CC4CC(CC(C4)C1)C3)=C2.[Cl-].[Cl-].[Zr+2]. The molecule has 9 rings (SSSR count). The molecule has 0 nitrogen and oxygen atoms in total. The summed E-state index contributed by atoms with van der Waals surface area (Å²) in [6, 6.07) is 15.3. The Kier molecular flexibility index (Phi) is 10.3. The molecule has 258 valence electrons. The van der Waals surface area contributed by atoms with Crippen molar-refractivity contribution < 1.29 is 51.0 Å². The van der Waals surface area contributed by atoms with Crippen LogP contribution in [-0.2, 0) is 37.0 Å². The molecule has 2 aromatic carbocycles. The van der Waals surface area contributed by atoms with Gasteiger partial charge in [0.15, 0.2) is 0 Å². The molecule has 2 atom stereocenters. The molecule has 0 saturated heterocycles. The van der Waals surface area contributed by atoms with Crippen LogP contribution in [0.2, 0.25) is 0 Å². The molecule has 4 bridgehead atoms. The fourth-order valence-corrected chi connectivity index (χ4v) is 12.4. The second kappa shape index (κ2) is 12.8. The first-order valence-electron chi connectivity index (χ1n) is 18.8. The van der Waals surface area contributed by atoms with E-state index in [2.05, 4.69) is 112 Å². The van der Waals surface area contributed by atoms with Crippen LogP contribution in [0.15, 0.2) is 59.2 Å². The minimum Gasteiger partial charge on any atom is -1.00 e. The zero-order valence-electron chi connectivity index (χ0n) is 31.5. The van der Waals surface area contributed by atoms with Crippen molar-refractivity contribution in [2.24, 2.45) is 46.3 Å². The topological polar surface area (TPSA) is 0 Å². The first-order valence-corrected chi connectivity index (χ1v) is 18.8. The number of fused-ring (bicyclic) bond motifs is 3. The van der Waals surface area contributed by atoms with Crippen LogP contribution < -0.4 is 24.8 Å². The maximum Gasteiger partial charge on any atom is 2.00 e. The summed E-state index contributed by atoms with van der Waals surface area (Å²) in [6.07, 6.45) is 14.6. The molecule has 7 aliphatic carbocycles. The van der Waals surface area contributed by atoms with E-state index < -0.39 is 0 Å². The van der Waals surface area contributed by atoms with Gasteiger partial charge in [-0.3, -0.25) is 0 Å². The van der Waals surface area contributed by atoms with E-state index in [4.69, 9.17) is 0 Å². The van der Waals surface area contributed by atoms with Gasteiger partial charge in [0, 0.05) is 11.3 Å². The monoisotopic (exact) mass is 760 g/mol. The number of allylic oxidation sites excluding steroid dienone is 4. The van der Waals surface area contributed by atoms with E-state index in [0.717, 1.165) is 17.8 Å². The minimum absolute atomic E-state index is 0. The molecule has 7 aliphatic rings. The quantitative estimate of drug-likeness (QED) is 0.332. The molecule has 4 saturated carbocycles. The van der Waals surface area contributed by atoms with Crippen molar-refractivity contribution in [1.29, 1.82) is 0 Å². The summed E-state index contributed by atoms with van der Waals surface area (Å²) in [5.41, 5.74) is 15.6. The van der Waals surface area contributed by atoms with Crippen molar-refractivity contribution in [3.05, 3.63) is 81.4 Å². The van der Waals surface area contributed by atoms with Crippen molar-refractivity contribution in [2.75, 3.05) is 0 Å². The summed E-state index contributed by atoms with van der Waals surface area (Å²) in [6.45, 7) is 24.5. The second-order valence-corrected chi connectivity index (χ2v) is 19.8. The third-order valence-electron chi connectivity index (χ3n) is 14.4. The van der Waals surface area contributed by atoms with Crippen LogP contribution in [0.1, 0.15) is 149 Å². The van der Waals surface area contributed by atoms with Crippen LogP contribution >= 0.6 is 0 Å². The van der Waals surface area contributed by atoms with Gasteiger partial charge in [0.1, 0.15) is 0 Å². The van der Waals surface area contributed by atoms with Gasteiger partial charge in [-0.05, 0) is 142 Å². The third kappa shape index (κ3) is 5.69. The zero-order valence-corrected chi connectivity index (χ0v) is 35.5. The van der Waals surface area contributed by atoms with E-state index in [1.807, 2.05) is 11.1 Å². The Balaban J connectivity index is 0.00000150. The van der Waals surface area contributed by atoms with Crippen LogP contribution in [-0.4, -0.2) is 0 Å². The molecular formula is C45H60Cl2Zr. The first-order chi connectivity index (χ1) is 21.1. The molecule has 0 amide bonds. The van der Waals surface area contributed by atoms with Crippen molar-refractivity contribution in [3.63, 3.8) is 0 Å². The maximum absolute atomic E-state index is 2.90. The van der Waals surface area contributed by atoms with Gasteiger partial charge in [-0.25, -0.2) is 0 Å². The minimum atomic E-state index is 0. The van der Waals surface area contributed by atoms with Crippen molar-refractivity contribution in [3.8, 4) is 11.1 Å². The third-order valence-corrected chi connectivity index (χ3v) is 14.4. The Morgan fingerprint density at radius 2 is 1.12 bits per heavy atom. The Bertz CT molecular complexity index is 1530. The number of hydrogen-bond donors (Lipinski definition) is 0. The van der Waals surface area contributed by atoms with E-state index in [1.54, 1.807) is 16.7 Å².